The van der Waals surface area contributed by atoms with E-state index in [-0.39, 0.29) is 5.91 Å². The molecule has 3 aromatic carbocycles. The van der Waals surface area contributed by atoms with Crippen molar-refractivity contribution in [3.8, 4) is 5.75 Å². The van der Waals surface area contributed by atoms with Crippen molar-refractivity contribution in [2.75, 3.05) is 13.2 Å². The molecule has 0 unspecified atom stereocenters. The first-order chi connectivity index (χ1) is 17.0. The molecule has 0 aliphatic heterocycles. The molecule has 5 nitrogen and oxygen atoms in total. The maximum absolute atomic E-state index is 12.5. The molecule has 0 spiro atoms. The molecular formula is C29H32ClN3O2. The average molecular weight is 490 g/mol. The third kappa shape index (κ3) is 6.64. The van der Waals surface area contributed by atoms with Crippen LogP contribution in [0.5, 0.6) is 5.75 Å². The Bertz CT molecular complexity index is 1300. The molecule has 0 saturated carbocycles. The number of imidazole rings is 1. The van der Waals surface area contributed by atoms with Crippen molar-refractivity contribution in [1.29, 1.82) is 0 Å². The molecule has 1 heterocycles. The van der Waals surface area contributed by atoms with Gasteiger partial charge in [0.05, 0.1) is 24.1 Å². The monoisotopic (exact) mass is 489 g/mol. The molecule has 4 aromatic rings. The Hall–Kier alpha value is -3.31. The molecule has 4 rings (SSSR count). The van der Waals surface area contributed by atoms with Crippen LogP contribution in [0.2, 0.25) is 5.02 Å². The van der Waals surface area contributed by atoms with Gasteiger partial charge in [-0.3, -0.25) is 4.79 Å². The molecule has 0 atom stereocenters. The largest absolute Gasteiger partial charge is 0.494 e. The summed E-state index contributed by atoms with van der Waals surface area (Å²) in [4.78, 5) is 17.3. The molecule has 0 aliphatic rings. The molecule has 0 saturated heterocycles. The second-order valence-electron chi connectivity index (χ2n) is 8.84. The van der Waals surface area contributed by atoms with Crippen LogP contribution in [0.1, 0.15) is 35.4 Å². The van der Waals surface area contributed by atoms with E-state index in [1.165, 1.54) is 0 Å². The lowest BCUT2D eigenvalue weighted by Gasteiger charge is -2.11. The summed E-state index contributed by atoms with van der Waals surface area (Å²) in [5.41, 5.74) is 5.34. The molecule has 182 valence electrons. The highest BCUT2D eigenvalue weighted by molar-refractivity contribution is 6.31. The van der Waals surface area contributed by atoms with Gasteiger partial charge in [-0.15, -0.1) is 0 Å². The van der Waals surface area contributed by atoms with Crippen molar-refractivity contribution < 1.29 is 9.53 Å². The zero-order valence-corrected chi connectivity index (χ0v) is 21.1. The van der Waals surface area contributed by atoms with E-state index in [0.717, 1.165) is 63.7 Å². The molecule has 1 N–H and O–H groups in total. The number of hydrogen-bond donors (Lipinski definition) is 1. The van der Waals surface area contributed by atoms with Crippen LogP contribution in [-0.2, 0) is 24.2 Å². The fourth-order valence-corrected chi connectivity index (χ4v) is 4.31. The smallest absolute Gasteiger partial charge is 0.224 e. The van der Waals surface area contributed by atoms with Gasteiger partial charge in [0.15, 0.2) is 0 Å². The number of rotatable bonds is 11. The summed E-state index contributed by atoms with van der Waals surface area (Å²) in [6.07, 6.45) is 2.99. The van der Waals surface area contributed by atoms with Gasteiger partial charge >= 0.3 is 0 Å². The number of fused-ring (bicyclic) bond motifs is 1. The Balaban J connectivity index is 1.30. The number of para-hydroxylation sites is 2. The van der Waals surface area contributed by atoms with Gasteiger partial charge < -0.3 is 14.6 Å². The Morgan fingerprint density at radius 2 is 1.80 bits per heavy atom. The molecule has 0 bridgehead atoms. The van der Waals surface area contributed by atoms with Crippen molar-refractivity contribution in [3.05, 3.63) is 94.3 Å². The average Bonchev–Trinajstić information content (AvgIpc) is 3.20. The third-order valence-electron chi connectivity index (χ3n) is 6.19. The molecule has 1 aromatic heterocycles. The first kappa shape index (κ1) is 24.8. The molecule has 0 radical (unpaired) electrons. The number of carbonyl (C=O) groups excluding carboxylic acids is 1. The van der Waals surface area contributed by atoms with E-state index in [1.807, 2.05) is 74.5 Å². The van der Waals surface area contributed by atoms with E-state index in [2.05, 4.69) is 16.0 Å². The van der Waals surface area contributed by atoms with Crippen molar-refractivity contribution in [2.24, 2.45) is 0 Å². The first-order valence-corrected chi connectivity index (χ1v) is 12.5. The standard InChI is InChI=1S/C29H32ClN3O2/c1-21-9-3-4-10-23(21)20-29(34)31-16-15-28-32-26-11-5-6-12-27(26)33(28)17-7-8-18-35-24-13-14-25(30)22(2)19-24/h3-6,9-14,19H,7-8,15-18,20H2,1-2H3,(H,31,34). The van der Waals surface area contributed by atoms with Gasteiger partial charge in [0.1, 0.15) is 11.6 Å². The number of hydrogen-bond acceptors (Lipinski definition) is 3. The van der Waals surface area contributed by atoms with E-state index >= 15 is 0 Å². The second kappa shape index (κ2) is 11.9. The number of carbonyl (C=O) groups is 1. The zero-order valence-electron chi connectivity index (χ0n) is 20.4. The van der Waals surface area contributed by atoms with Gasteiger partial charge in [-0.1, -0.05) is 48.0 Å². The molecular weight excluding hydrogens is 458 g/mol. The fourth-order valence-electron chi connectivity index (χ4n) is 4.19. The topological polar surface area (TPSA) is 56.1 Å². The van der Waals surface area contributed by atoms with E-state index in [1.54, 1.807) is 0 Å². The molecule has 1 amide bonds. The van der Waals surface area contributed by atoms with Crippen molar-refractivity contribution in [3.63, 3.8) is 0 Å². The van der Waals surface area contributed by atoms with Crippen molar-refractivity contribution in [1.82, 2.24) is 14.9 Å². The van der Waals surface area contributed by atoms with Gasteiger partial charge in [0.2, 0.25) is 5.91 Å². The van der Waals surface area contributed by atoms with Crippen molar-refractivity contribution in [2.45, 2.75) is 46.1 Å². The number of nitrogens with zero attached hydrogens (tertiary/aromatic N) is 2. The number of aryl methyl sites for hydroxylation is 3. The van der Waals surface area contributed by atoms with Gasteiger partial charge in [-0.2, -0.15) is 0 Å². The Morgan fingerprint density at radius 3 is 2.63 bits per heavy atom. The summed E-state index contributed by atoms with van der Waals surface area (Å²) in [6, 6.07) is 21.9. The zero-order chi connectivity index (χ0) is 24.6. The van der Waals surface area contributed by atoms with Crippen LogP contribution in [0.3, 0.4) is 0 Å². The van der Waals surface area contributed by atoms with E-state index in [9.17, 15) is 4.79 Å². The van der Waals surface area contributed by atoms with Crippen LogP contribution in [0.25, 0.3) is 11.0 Å². The van der Waals surface area contributed by atoms with Crippen LogP contribution in [0.4, 0.5) is 0 Å². The normalized spacial score (nSPS) is 11.1. The summed E-state index contributed by atoms with van der Waals surface area (Å²) in [5, 5.41) is 3.81. The van der Waals surface area contributed by atoms with Crippen LogP contribution in [0.15, 0.2) is 66.7 Å². The number of benzene rings is 3. The number of nitrogens with one attached hydrogen (secondary N) is 1. The molecule has 6 heteroatoms. The van der Waals surface area contributed by atoms with Gasteiger partial charge in [0.25, 0.3) is 0 Å². The SMILES string of the molecule is Cc1cc(OCCCCn2c(CCNC(=O)Cc3ccccc3C)nc3ccccc32)ccc1Cl. The number of aromatic nitrogens is 2. The van der Waals surface area contributed by atoms with Crippen molar-refractivity contribution >= 4 is 28.5 Å². The molecule has 35 heavy (non-hydrogen) atoms. The highest BCUT2D eigenvalue weighted by Crippen LogP contribution is 2.21. The summed E-state index contributed by atoms with van der Waals surface area (Å²) in [5.74, 6) is 1.88. The lowest BCUT2D eigenvalue weighted by molar-refractivity contribution is -0.120. The first-order valence-electron chi connectivity index (χ1n) is 12.2. The number of amides is 1. The maximum Gasteiger partial charge on any atom is 0.224 e. The number of halogens is 1. The quantitative estimate of drug-likeness (QED) is 0.260. The minimum atomic E-state index is 0.0385. The molecule has 0 aliphatic carbocycles. The Labute approximate surface area is 212 Å². The minimum absolute atomic E-state index is 0.0385. The third-order valence-corrected chi connectivity index (χ3v) is 6.61. The maximum atomic E-state index is 12.5. The fraction of sp³-hybridized carbons (Fsp3) is 0.310. The lowest BCUT2D eigenvalue weighted by Crippen LogP contribution is -2.28. The molecule has 0 fully saturated rings. The van der Waals surface area contributed by atoms with Gasteiger partial charge in [-0.05, 0) is 73.7 Å². The summed E-state index contributed by atoms with van der Waals surface area (Å²) >= 11 is 6.09. The number of ether oxygens (including phenoxy) is 1. The van der Waals surface area contributed by atoms with Gasteiger partial charge in [-0.25, -0.2) is 4.98 Å². The van der Waals surface area contributed by atoms with E-state index < -0.39 is 0 Å². The predicted molar refractivity (Wildman–Crippen MR) is 142 cm³/mol. The Morgan fingerprint density at radius 1 is 1.00 bits per heavy atom. The highest BCUT2D eigenvalue weighted by atomic mass is 35.5. The van der Waals surface area contributed by atoms with Crippen LogP contribution in [0, 0.1) is 13.8 Å². The highest BCUT2D eigenvalue weighted by Gasteiger charge is 2.11. The van der Waals surface area contributed by atoms with E-state index in [0.29, 0.717) is 26.0 Å². The van der Waals surface area contributed by atoms with E-state index in [4.69, 9.17) is 21.3 Å². The van der Waals surface area contributed by atoms with Crippen LogP contribution >= 0.6 is 11.6 Å². The summed E-state index contributed by atoms with van der Waals surface area (Å²) < 4.78 is 8.17. The second-order valence-corrected chi connectivity index (χ2v) is 9.25. The van der Waals surface area contributed by atoms with Crippen LogP contribution in [-0.4, -0.2) is 28.6 Å². The lowest BCUT2D eigenvalue weighted by atomic mass is 10.1. The summed E-state index contributed by atoms with van der Waals surface area (Å²) in [7, 11) is 0. The van der Waals surface area contributed by atoms with Gasteiger partial charge in [0, 0.05) is 24.5 Å². The van der Waals surface area contributed by atoms with Crippen LogP contribution < -0.4 is 10.1 Å². The minimum Gasteiger partial charge on any atom is -0.494 e. The number of unbranched alkanes of at least 4 members (excludes halogenated alkanes) is 1. The predicted octanol–water partition coefficient (Wildman–Crippen LogP) is 6.07. The Kier molecular flexibility index (Phi) is 8.43. The summed E-state index contributed by atoms with van der Waals surface area (Å²) in [6.45, 7) is 6.08.